The largest absolute Gasteiger partial charge is 0.392 e. The maximum atomic E-state index is 9.30. The average Bonchev–Trinajstić information content (AvgIpc) is 2.64. The van der Waals surface area contributed by atoms with Crippen molar-refractivity contribution >= 4 is 0 Å². The smallest absolute Gasteiger partial charge is 0.122 e. The topological polar surface area (TPSA) is 62.4 Å². The van der Waals surface area contributed by atoms with Crippen LogP contribution in [0.5, 0.6) is 0 Å². The van der Waals surface area contributed by atoms with Crippen molar-refractivity contribution in [2.45, 2.75) is 26.0 Å². The third kappa shape index (κ3) is 1.87. The van der Waals surface area contributed by atoms with E-state index >= 15 is 0 Å². The van der Waals surface area contributed by atoms with E-state index in [1.807, 2.05) is 6.92 Å². The van der Waals surface area contributed by atoms with Crippen LogP contribution in [-0.2, 0) is 6.54 Å². The Morgan fingerprint density at radius 2 is 2.46 bits per heavy atom. The first kappa shape index (κ1) is 8.65. The first-order valence-electron chi connectivity index (χ1n) is 4.44. The number of aryl methyl sites for hydroxylation is 1. The molecule has 1 aliphatic rings. The highest BCUT2D eigenvalue weighted by molar-refractivity contribution is 5.04. The van der Waals surface area contributed by atoms with E-state index in [0.717, 1.165) is 37.4 Å². The van der Waals surface area contributed by atoms with Gasteiger partial charge in [0.25, 0.3) is 0 Å². The number of hydrogen-bond donors (Lipinski definition) is 1. The van der Waals surface area contributed by atoms with Gasteiger partial charge in [0.15, 0.2) is 0 Å². The van der Waals surface area contributed by atoms with E-state index < -0.39 is 0 Å². The molecule has 0 saturated carbocycles. The van der Waals surface area contributed by atoms with Gasteiger partial charge in [-0.25, -0.2) is 4.63 Å². The van der Waals surface area contributed by atoms with Gasteiger partial charge in [0.2, 0.25) is 0 Å². The number of aliphatic hydroxyl groups is 1. The molecule has 0 aromatic carbocycles. The lowest BCUT2D eigenvalue weighted by atomic mass is 10.3. The minimum Gasteiger partial charge on any atom is -0.392 e. The van der Waals surface area contributed by atoms with E-state index in [-0.39, 0.29) is 6.10 Å². The van der Waals surface area contributed by atoms with Crippen LogP contribution >= 0.6 is 0 Å². The summed E-state index contributed by atoms with van der Waals surface area (Å²) in [6.45, 7) is 4.25. The van der Waals surface area contributed by atoms with Gasteiger partial charge >= 0.3 is 0 Å². The molecule has 0 bridgehead atoms. The van der Waals surface area contributed by atoms with Crippen LogP contribution in [0.4, 0.5) is 0 Å². The predicted octanol–water partition coefficient (Wildman–Crippen LogP) is -0.0554. The minimum absolute atomic E-state index is 0.180. The lowest BCUT2D eigenvalue weighted by Gasteiger charge is -2.11. The SMILES string of the molecule is Cc1nonc1CN1CC[C@H](O)C1. The average molecular weight is 183 g/mol. The second kappa shape index (κ2) is 3.43. The van der Waals surface area contributed by atoms with Gasteiger partial charge < -0.3 is 5.11 Å². The summed E-state index contributed by atoms with van der Waals surface area (Å²) >= 11 is 0. The van der Waals surface area contributed by atoms with E-state index in [1.54, 1.807) is 0 Å². The van der Waals surface area contributed by atoms with Crippen LogP contribution in [0.1, 0.15) is 17.8 Å². The Labute approximate surface area is 76.3 Å². The van der Waals surface area contributed by atoms with E-state index in [9.17, 15) is 5.11 Å². The fourth-order valence-corrected chi connectivity index (χ4v) is 1.56. The first-order chi connectivity index (χ1) is 6.25. The number of aliphatic hydroxyl groups excluding tert-OH is 1. The van der Waals surface area contributed by atoms with Gasteiger partial charge in [-0.15, -0.1) is 0 Å². The van der Waals surface area contributed by atoms with Crippen molar-refractivity contribution in [3.8, 4) is 0 Å². The fraction of sp³-hybridized carbons (Fsp3) is 0.750. The van der Waals surface area contributed by atoms with Gasteiger partial charge in [-0.05, 0) is 13.3 Å². The summed E-state index contributed by atoms with van der Waals surface area (Å²) < 4.78 is 4.59. The molecule has 5 nitrogen and oxygen atoms in total. The molecule has 0 spiro atoms. The number of nitrogens with zero attached hydrogens (tertiary/aromatic N) is 3. The van der Waals surface area contributed by atoms with E-state index in [0.29, 0.717) is 0 Å². The monoisotopic (exact) mass is 183 g/mol. The molecule has 1 fully saturated rings. The molecule has 2 heterocycles. The molecular weight excluding hydrogens is 170 g/mol. The Morgan fingerprint density at radius 1 is 1.62 bits per heavy atom. The van der Waals surface area contributed by atoms with Gasteiger partial charge in [-0.1, -0.05) is 10.3 Å². The van der Waals surface area contributed by atoms with E-state index in [2.05, 4.69) is 19.8 Å². The highest BCUT2D eigenvalue weighted by atomic mass is 16.6. The molecule has 13 heavy (non-hydrogen) atoms. The summed E-state index contributed by atoms with van der Waals surface area (Å²) in [4.78, 5) is 2.15. The second-order valence-corrected chi connectivity index (χ2v) is 3.47. The van der Waals surface area contributed by atoms with Gasteiger partial charge in [0.05, 0.1) is 6.10 Å². The maximum absolute atomic E-state index is 9.30. The minimum atomic E-state index is -0.180. The normalized spacial score (nSPS) is 24.0. The zero-order valence-corrected chi connectivity index (χ0v) is 7.60. The molecule has 1 aromatic rings. The van der Waals surface area contributed by atoms with E-state index in [4.69, 9.17) is 0 Å². The zero-order valence-electron chi connectivity index (χ0n) is 7.60. The van der Waals surface area contributed by atoms with Gasteiger partial charge in [0.1, 0.15) is 11.4 Å². The van der Waals surface area contributed by atoms with Gasteiger partial charge in [-0.2, -0.15) is 0 Å². The molecule has 0 aliphatic carbocycles. The second-order valence-electron chi connectivity index (χ2n) is 3.47. The Balaban J connectivity index is 1.95. The van der Waals surface area contributed by atoms with Crippen LogP contribution in [-0.4, -0.2) is 39.5 Å². The van der Waals surface area contributed by atoms with Crippen molar-refractivity contribution in [1.82, 2.24) is 15.2 Å². The zero-order chi connectivity index (χ0) is 9.26. The molecule has 5 heteroatoms. The van der Waals surface area contributed by atoms with Crippen LogP contribution in [0.2, 0.25) is 0 Å². The Bertz CT molecular complexity index is 287. The van der Waals surface area contributed by atoms with Crippen molar-refractivity contribution in [3.05, 3.63) is 11.4 Å². The third-order valence-corrected chi connectivity index (χ3v) is 2.37. The summed E-state index contributed by atoms with van der Waals surface area (Å²) in [5.41, 5.74) is 1.70. The van der Waals surface area contributed by atoms with E-state index in [1.165, 1.54) is 0 Å². The molecule has 1 aliphatic heterocycles. The molecule has 1 aromatic heterocycles. The number of likely N-dealkylation sites (tertiary alicyclic amines) is 1. The van der Waals surface area contributed by atoms with Crippen molar-refractivity contribution in [3.63, 3.8) is 0 Å². The molecule has 0 radical (unpaired) electrons. The Kier molecular flexibility index (Phi) is 2.28. The molecule has 72 valence electrons. The third-order valence-electron chi connectivity index (χ3n) is 2.37. The molecule has 1 atom stereocenters. The van der Waals surface area contributed by atoms with Crippen molar-refractivity contribution in [2.24, 2.45) is 0 Å². The number of aromatic nitrogens is 2. The summed E-state index contributed by atoms with van der Waals surface area (Å²) in [6.07, 6.45) is 0.671. The highest BCUT2D eigenvalue weighted by Gasteiger charge is 2.21. The molecule has 0 unspecified atom stereocenters. The lowest BCUT2D eigenvalue weighted by Crippen LogP contribution is -2.22. The lowest BCUT2D eigenvalue weighted by molar-refractivity contribution is 0.173. The van der Waals surface area contributed by atoms with Crippen LogP contribution in [0.25, 0.3) is 0 Å². The Morgan fingerprint density at radius 3 is 3.00 bits per heavy atom. The van der Waals surface area contributed by atoms with Crippen molar-refractivity contribution in [2.75, 3.05) is 13.1 Å². The maximum Gasteiger partial charge on any atom is 0.122 e. The van der Waals surface area contributed by atoms with Crippen LogP contribution < -0.4 is 0 Å². The molecule has 2 rings (SSSR count). The van der Waals surface area contributed by atoms with Gasteiger partial charge in [0, 0.05) is 19.6 Å². The van der Waals surface area contributed by atoms with Crippen LogP contribution in [0, 0.1) is 6.92 Å². The number of hydrogen-bond acceptors (Lipinski definition) is 5. The molecular formula is C8H13N3O2. The standard InChI is InChI=1S/C8H13N3O2/c1-6-8(10-13-9-6)5-11-3-2-7(12)4-11/h7,12H,2-5H2,1H3/t7-/m0/s1. The summed E-state index contributed by atoms with van der Waals surface area (Å²) in [5, 5.41) is 16.8. The quantitative estimate of drug-likeness (QED) is 0.696. The van der Waals surface area contributed by atoms with Crippen molar-refractivity contribution in [1.29, 1.82) is 0 Å². The molecule has 1 saturated heterocycles. The fourth-order valence-electron chi connectivity index (χ4n) is 1.56. The molecule has 0 amide bonds. The van der Waals surface area contributed by atoms with Crippen LogP contribution in [0.15, 0.2) is 4.63 Å². The van der Waals surface area contributed by atoms with Gasteiger partial charge in [-0.3, -0.25) is 4.90 Å². The number of rotatable bonds is 2. The molecule has 1 N–H and O–H groups in total. The summed E-state index contributed by atoms with van der Waals surface area (Å²) in [7, 11) is 0. The summed E-state index contributed by atoms with van der Waals surface area (Å²) in [5.74, 6) is 0. The summed E-state index contributed by atoms with van der Waals surface area (Å²) in [6, 6.07) is 0. The Hall–Kier alpha value is -0.940. The first-order valence-corrected chi connectivity index (χ1v) is 4.44. The van der Waals surface area contributed by atoms with Crippen molar-refractivity contribution < 1.29 is 9.74 Å². The number of β-amino-alcohol motifs (C(OH)–C–C–N with tert-alkyl or cyclic N) is 1. The predicted molar refractivity (Wildman–Crippen MR) is 44.9 cm³/mol. The van der Waals surface area contributed by atoms with Crippen LogP contribution in [0.3, 0.4) is 0 Å². The highest BCUT2D eigenvalue weighted by Crippen LogP contribution is 2.13.